The Morgan fingerprint density at radius 1 is 1.29 bits per heavy atom. The number of ether oxygens (including phenoxy) is 1. The molecule has 0 spiro atoms. The number of carbonyl (C=O) groups is 2. The molecule has 1 saturated carbocycles. The van der Waals surface area contributed by atoms with Crippen LogP contribution in [0.3, 0.4) is 0 Å². The van der Waals surface area contributed by atoms with Gasteiger partial charge >= 0.3 is 18.1 Å². The molecule has 1 N–H and O–H groups in total. The summed E-state index contributed by atoms with van der Waals surface area (Å²) in [5, 5.41) is 8.42. The first-order valence-corrected chi connectivity index (χ1v) is 6.86. The van der Waals surface area contributed by atoms with E-state index in [0.29, 0.717) is 35.1 Å². The van der Waals surface area contributed by atoms with Gasteiger partial charge in [0.05, 0.1) is 0 Å². The van der Waals surface area contributed by atoms with Crippen LogP contribution in [-0.2, 0) is 26.1 Å². The number of halogens is 3. The van der Waals surface area contributed by atoms with E-state index in [0.717, 1.165) is 18.6 Å². The highest BCUT2D eigenvalue weighted by Gasteiger charge is 2.45. The van der Waals surface area contributed by atoms with Gasteiger partial charge in [-0.1, -0.05) is 0 Å². The van der Waals surface area contributed by atoms with E-state index in [1.54, 1.807) is 0 Å². The smallest absolute Gasteiger partial charge is 0.425 e. The van der Waals surface area contributed by atoms with Gasteiger partial charge < -0.3 is 9.84 Å². The molecular formula is C13H11F3O4S. The van der Waals surface area contributed by atoms with Crippen molar-refractivity contribution in [1.82, 2.24) is 0 Å². The fraction of sp³-hybridized carbons (Fsp3) is 0.385. The highest BCUT2D eigenvalue weighted by atomic mass is 32.1. The monoisotopic (exact) mass is 320 g/mol. The van der Waals surface area contributed by atoms with Crippen molar-refractivity contribution < 1.29 is 32.6 Å². The second kappa shape index (κ2) is 5.51. The van der Waals surface area contributed by atoms with Crippen LogP contribution in [0.2, 0.25) is 0 Å². The summed E-state index contributed by atoms with van der Waals surface area (Å²) >= 11 is 0.546. The lowest BCUT2D eigenvalue weighted by atomic mass is 9.79. The Bertz CT molecular complexity index is 584. The van der Waals surface area contributed by atoms with E-state index in [2.05, 4.69) is 0 Å². The summed E-state index contributed by atoms with van der Waals surface area (Å²) in [4.78, 5) is 21.4. The van der Waals surface area contributed by atoms with Crippen LogP contribution in [0.15, 0.2) is 24.3 Å². The Morgan fingerprint density at radius 3 is 2.38 bits per heavy atom. The Hall–Kier alpha value is -1.83. The number of rotatable bonds is 4. The van der Waals surface area contributed by atoms with Crippen LogP contribution < -0.4 is 0 Å². The predicted molar refractivity (Wildman–Crippen MR) is 67.7 cm³/mol. The first-order chi connectivity index (χ1) is 9.73. The molecule has 0 saturated heterocycles. The van der Waals surface area contributed by atoms with Crippen molar-refractivity contribution in [3.05, 3.63) is 34.0 Å². The van der Waals surface area contributed by atoms with Crippen LogP contribution in [-0.4, -0.2) is 17.0 Å². The fourth-order valence-electron chi connectivity index (χ4n) is 2.00. The highest BCUT2D eigenvalue weighted by molar-refractivity contribution is 7.12. The molecule has 4 nitrogen and oxygen atoms in total. The molecule has 0 unspecified atom stereocenters. The van der Waals surface area contributed by atoms with Crippen LogP contribution in [0.25, 0.3) is 0 Å². The summed E-state index contributed by atoms with van der Waals surface area (Å²) in [7, 11) is 0. The first kappa shape index (κ1) is 15.6. The topological polar surface area (TPSA) is 63.6 Å². The number of esters is 1. The second-order valence-corrected chi connectivity index (χ2v) is 5.69. The zero-order chi connectivity index (χ0) is 15.7. The van der Waals surface area contributed by atoms with Gasteiger partial charge in [0.25, 0.3) is 0 Å². The van der Waals surface area contributed by atoms with Crippen molar-refractivity contribution in [3.8, 4) is 0 Å². The number of carboxylic acid groups (broad SMARTS) is 1. The van der Waals surface area contributed by atoms with Crippen molar-refractivity contribution >= 4 is 23.3 Å². The second-order valence-electron chi connectivity index (χ2n) is 4.60. The van der Waals surface area contributed by atoms with Gasteiger partial charge in [-0.15, -0.1) is 11.3 Å². The van der Waals surface area contributed by atoms with Crippen LogP contribution in [0.5, 0.6) is 0 Å². The Kier molecular flexibility index (Phi) is 4.08. The molecule has 0 bridgehead atoms. The molecule has 1 aromatic heterocycles. The third-order valence-electron chi connectivity index (χ3n) is 3.15. The molecule has 2 rings (SSSR count). The zero-order valence-corrected chi connectivity index (χ0v) is 11.5. The molecule has 0 aliphatic heterocycles. The van der Waals surface area contributed by atoms with Gasteiger partial charge in [0.15, 0.2) is 0 Å². The maximum absolute atomic E-state index is 12.6. The lowest BCUT2D eigenvalue weighted by Crippen LogP contribution is -2.38. The molecule has 1 aliphatic rings. The van der Waals surface area contributed by atoms with Crippen molar-refractivity contribution in [2.24, 2.45) is 0 Å². The maximum Gasteiger partial charge on any atom is 0.425 e. The number of aliphatic carboxylic acids is 1. The van der Waals surface area contributed by atoms with E-state index in [1.165, 1.54) is 6.07 Å². The summed E-state index contributed by atoms with van der Waals surface area (Å²) in [6.45, 7) is 0. The van der Waals surface area contributed by atoms with Gasteiger partial charge in [0.1, 0.15) is 10.5 Å². The Balaban J connectivity index is 2.16. The third kappa shape index (κ3) is 3.44. The maximum atomic E-state index is 12.6. The largest absolute Gasteiger partial charge is 0.478 e. The van der Waals surface area contributed by atoms with Gasteiger partial charge in [-0.05, 0) is 31.4 Å². The number of hydrogen-bond donors (Lipinski definition) is 1. The van der Waals surface area contributed by atoms with Crippen LogP contribution in [0.4, 0.5) is 13.2 Å². The van der Waals surface area contributed by atoms with Gasteiger partial charge in [-0.3, -0.25) is 0 Å². The molecule has 0 radical (unpaired) electrons. The first-order valence-electron chi connectivity index (χ1n) is 6.04. The molecule has 0 atom stereocenters. The summed E-state index contributed by atoms with van der Waals surface area (Å²) in [6, 6.07) is 2.27. The summed E-state index contributed by atoms with van der Waals surface area (Å²) < 4.78 is 43.0. The van der Waals surface area contributed by atoms with Crippen LogP contribution in [0, 0.1) is 0 Å². The highest BCUT2D eigenvalue weighted by Crippen LogP contribution is 2.49. The lowest BCUT2D eigenvalue weighted by Gasteiger charge is -2.39. The van der Waals surface area contributed by atoms with Crippen LogP contribution >= 0.6 is 11.3 Å². The van der Waals surface area contributed by atoms with Gasteiger partial charge in [-0.25, -0.2) is 9.59 Å². The average Bonchev–Trinajstić information content (AvgIpc) is 2.80. The van der Waals surface area contributed by atoms with Crippen molar-refractivity contribution in [2.45, 2.75) is 31.0 Å². The molecule has 21 heavy (non-hydrogen) atoms. The fourth-order valence-corrected chi connectivity index (χ4v) is 3.05. The molecule has 8 heteroatoms. The van der Waals surface area contributed by atoms with E-state index in [1.807, 2.05) is 0 Å². The van der Waals surface area contributed by atoms with E-state index in [9.17, 15) is 22.8 Å². The average molecular weight is 320 g/mol. The zero-order valence-electron chi connectivity index (χ0n) is 10.6. The minimum Gasteiger partial charge on any atom is -0.478 e. The molecule has 1 aromatic rings. The standard InChI is InChI=1S/C13H11F3O4S/c14-13(15,16)9-3-2-8(21-9)12(6-1-7-12)20-11(19)5-4-10(17)18/h2-5H,1,6-7H2,(H,17,18)/b5-4+. The quantitative estimate of drug-likeness (QED) is 0.683. The molecule has 1 aliphatic carbocycles. The van der Waals surface area contributed by atoms with Gasteiger partial charge in [0, 0.05) is 17.0 Å². The normalized spacial score (nSPS) is 17.5. The number of alkyl halides is 3. The van der Waals surface area contributed by atoms with E-state index in [-0.39, 0.29) is 0 Å². The lowest BCUT2D eigenvalue weighted by molar-refractivity contribution is -0.164. The Morgan fingerprint density at radius 2 is 1.95 bits per heavy atom. The summed E-state index contributed by atoms with van der Waals surface area (Å²) in [6.07, 6.45) is -1.46. The van der Waals surface area contributed by atoms with Gasteiger partial charge in [-0.2, -0.15) is 13.2 Å². The van der Waals surface area contributed by atoms with E-state index < -0.39 is 28.6 Å². The van der Waals surface area contributed by atoms with Crippen molar-refractivity contribution in [3.63, 3.8) is 0 Å². The summed E-state index contributed by atoms with van der Waals surface area (Å²) in [5.74, 6) is -2.18. The van der Waals surface area contributed by atoms with E-state index >= 15 is 0 Å². The number of thiophene rings is 1. The Labute approximate surface area is 121 Å². The number of carbonyl (C=O) groups excluding carboxylic acids is 1. The number of carboxylic acids is 1. The minimum atomic E-state index is -4.43. The SMILES string of the molecule is O=C(O)/C=C/C(=O)OC1(c2ccc(C(F)(F)F)s2)CCC1. The molecule has 0 aromatic carbocycles. The number of hydrogen-bond acceptors (Lipinski definition) is 4. The molecule has 1 fully saturated rings. The van der Waals surface area contributed by atoms with Crippen molar-refractivity contribution in [1.29, 1.82) is 0 Å². The molecular weight excluding hydrogens is 309 g/mol. The van der Waals surface area contributed by atoms with Crippen molar-refractivity contribution in [2.75, 3.05) is 0 Å². The summed E-state index contributed by atoms with van der Waals surface area (Å²) in [5.41, 5.74) is -1.06. The predicted octanol–water partition coefficient (Wildman–Crippen LogP) is 3.33. The third-order valence-corrected chi connectivity index (χ3v) is 4.47. The molecule has 0 amide bonds. The van der Waals surface area contributed by atoms with Crippen LogP contribution in [0.1, 0.15) is 29.0 Å². The molecule has 114 valence electrons. The van der Waals surface area contributed by atoms with E-state index in [4.69, 9.17) is 9.84 Å². The molecule has 1 heterocycles. The van der Waals surface area contributed by atoms with Gasteiger partial charge in [0.2, 0.25) is 0 Å². The minimum absolute atomic E-state index is 0.332.